The topological polar surface area (TPSA) is 37.4 Å². The summed E-state index contributed by atoms with van der Waals surface area (Å²) in [6.07, 6.45) is 5.15. The highest BCUT2D eigenvalue weighted by molar-refractivity contribution is 6.32. The molecule has 2 aliphatic carbocycles. The maximum atomic E-state index is 12.6. The Hall–Kier alpha value is -1.61. The van der Waals surface area contributed by atoms with E-state index in [4.69, 9.17) is 11.6 Å². The van der Waals surface area contributed by atoms with Gasteiger partial charge in [0.15, 0.2) is 0 Å². The van der Waals surface area contributed by atoms with Gasteiger partial charge in [0.2, 0.25) is 11.8 Å². The molecule has 2 amide bonds. The van der Waals surface area contributed by atoms with E-state index in [0.29, 0.717) is 10.7 Å². The average Bonchev–Trinajstić information content (AvgIpc) is 3.08. The van der Waals surface area contributed by atoms with Crippen LogP contribution in [0.5, 0.6) is 0 Å². The van der Waals surface area contributed by atoms with Crippen LogP contribution < -0.4 is 4.90 Å². The maximum Gasteiger partial charge on any atom is 0.238 e. The van der Waals surface area contributed by atoms with Gasteiger partial charge in [0.25, 0.3) is 0 Å². The number of amides is 2. The second-order valence-corrected chi connectivity index (χ2v) is 6.35. The molecular weight excluding hydrogens is 274 g/mol. The van der Waals surface area contributed by atoms with Crippen LogP contribution in [0.1, 0.15) is 12.0 Å². The van der Waals surface area contributed by atoms with E-state index >= 15 is 0 Å². The lowest BCUT2D eigenvalue weighted by atomic mass is 9.85. The highest BCUT2D eigenvalue weighted by Crippen LogP contribution is 2.53. The minimum Gasteiger partial charge on any atom is -0.274 e. The zero-order chi connectivity index (χ0) is 14.0. The molecule has 102 valence electrons. The monoisotopic (exact) mass is 287 g/mol. The molecule has 0 spiro atoms. The van der Waals surface area contributed by atoms with Gasteiger partial charge >= 0.3 is 0 Å². The molecule has 1 saturated carbocycles. The first-order chi connectivity index (χ1) is 9.58. The van der Waals surface area contributed by atoms with E-state index in [-0.39, 0.29) is 35.5 Å². The highest BCUT2D eigenvalue weighted by Gasteiger charge is 2.59. The first-order valence-electron chi connectivity index (χ1n) is 6.90. The summed E-state index contributed by atoms with van der Waals surface area (Å²) in [6, 6.07) is 5.36. The fourth-order valence-electron chi connectivity index (χ4n) is 3.88. The molecule has 20 heavy (non-hydrogen) atoms. The van der Waals surface area contributed by atoms with Crippen LogP contribution in [-0.4, -0.2) is 11.8 Å². The van der Waals surface area contributed by atoms with Crippen LogP contribution in [0.15, 0.2) is 30.4 Å². The molecule has 4 rings (SSSR count). The summed E-state index contributed by atoms with van der Waals surface area (Å²) < 4.78 is 0. The highest BCUT2D eigenvalue weighted by atomic mass is 35.5. The predicted molar refractivity (Wildman–Crippen MR) is 76.4 cm³/mol. The number of fused-ring (bicyclic) bond motifs is 5. The van der Waals surface area contributed by atoms with Gasteiger partial charge in [-0.25, -0.2) is 4.90 Å². The normalized spacial score (nSPS) is 34.2. The third-order valence-corrected chi connectivity index (χ3v) is 5.29. The second kappa shape index (κ2) is 3.95. The Morgan fingerprint density at radius 3 is 2.25 bits per heavy atom. The van der Waals surface area contributed by atoms with Gasteiger partial charge < -0.3 is 0 Å². The van der Waals surface area contributed by atoms with Gasteiger partial charge in [-0.15, -0.1) is 0 Å². The Bertz CT molecular complexity index is 636. The number of rotatable bonds is 1. The van der Waals surface area contributed by atoms with Crippen LogP contribution in [0.25, 0.3) is 0 Å². The van der Waals surface area contributed by atoms with Crippen molar-refractivity contribution in [2.24, 2.45) is 23.7 Å². The molecule has 1 saturated heterocycles. The van der Waals surface area contributed by atoms with E-state index in [0.717, 1.165) is 12.0 Å². The Kier molecular flexibility index (Phi) is 2.40. The summed E-state index contributed by atoms with van der Waals surface area (Å²) in [5.74, 6) is 0.0587. The minimum absolute atomic E-state index is 0.0585. The van der Waals surface area contributed by atoms with Crippen molar-refractivity contribution in [3.63, 3.8) is 0 Å². The van der Waals surface area contributed by atoms with Crippen LogP contribution >= 0.6 is 11.6 Å². The largest absolute Gasteiger partial charge is 0.274 e. The number of allylic oxidation sites excluding steroid dienone is 2. The van der Waals surface area contributed by atoms with Gasteiger partial charge in [-0.1, -0.05) is 29.8 Å². The molecule has 3 nitrogen and oxygen atoms in total. The van der Waals surface area contributed by atoms with E-state index in [9.17, 15) is 9.59 Å². The van der Waals surface area contributed by atoms with E-state index in [1.165, 1.54) is 4.90 Å². The van der Waals surface area contributed by atoms with Crippen molar-refractivity contribution >= 4 is 29.1 Å². The molecule has 1 aliphatic heterocycles. The van der Waals surface area contributed by atoms with Gasteiger partial charge in [-0.2, -0.15) is 0 Å². The van der Waals surface area contributed by atoms with Gasteiger partial charge in [0, 0.05) is 5.02 Å². The van der Waals surface area contributed by atoms with Gasteiger partial charge in [0.1, 0.15) is 0 Å². The van der Waals surface area contributed by atoms with Crippen LogP contribution in [0, 0.1) is 30.6 Å². The smallest absolute Gasteiger partial charge is 0.238 e. The Labute approximate surface area is 122 Å². The Morgan fingerprint density at radius 2 is 1.70 bits per heavy atom. The van der Waals surface area contributed by atoms with E-state index in [1.807, 2.05) is 13.0 Å². The maximum absolute atomic E-state index is 12.6. The number of hydrogen-bond donors (Lipinski definition) is 0. The minimum atomic E-state index is -0.155. The van der Waals surface area contributed by atoms with Crippen molar-refractivity contribution < 1.29 is 9.59 Å². The molecule has 1 heterocycles. The average molecular weight is 288 g/mol. The van der Waals surface area contributed by atoms with Crippen molar-refractivity contribution in [1.82, 2.24) is 0 Å². The van der Waals surface area contributed by atoms with Crippen LogP contribution in [0.4, 0.5) is 5.69 Å². The second-order valence-electron chi connectivity index (χ2n) is 5.95. The van der Waals surface area contributed by atoms with Gasteiger partial charge in [-0.3, -0.25) is 9.59 Å². The Balaban J connectivity index is 1.76. The van der Waals surface area contributed by atoms with Crippen molar-refractivity contribution in [2.45, 2.75) is 13.3 Å². The van der Waals surface area contributed by atoms with Gasteiger partial charge in [0.05, 0.1) is 17.5 Å². The van der Waals surface area contributed by atoms with Crippen molar-refractivity contribution in [2.75, 3.05) is 4.90 Å². The van der Waals surface area contributed by atoms with Crippen molar-refractivity contribution in [1.29, 1.82) is 0 Å². The molecule has 0 aromatic heterocycles. The lowest BCUT2D eigenvalue weighted by molar-refractivity contribution is -0.123. The molecule has 0 N–H and O–H groups in total. The van der Waals surface area contributed by atoms with E-state index < -0.39 is 0 Å². The molecular formula is C16H14ClNO2. The number of imide groups is 1. The summed E-state index contributed by atoms with van der Waals surface area (Å²) in [6.45, 7) is 1.90. The third-order valence-electron chi connectivity index (χ3n) is 4.88. The molecule has 1 aromatic carbocycles. The van der Waals surface area contributed by atoms with Crippen molar-refractivity contribution in [3.05, 3.63) is 40.9 Å². The zero-order valence-electron chi connectivity index (χ0n) is 11.0. The number of benzene rings is 1. The van der Waals surface area contributed by atoms with E-state index in [1.54, 1.807) is 12.1 Å². The third kappa shape index (κ3) is 1.41. The quantitative estimate of drug-likeness (QED) is 0.588. The molecule has 2 bridgehead atoms. The fraction of sp³-hybridized carbons (Fsp3) is 0.375. The molecule has 1 aromatic rings. The number of halogens is 1. The summed E-state index contributed by atoms with van der Waals surface area (Å²) in [4.78, 5) is 26.6. The van der Waals surface area contributed by atoms with Crippen LogP contribution in [0.3, 0.4) is 0 Å². The van der Waals surface area contributed by atoms with Crippen LogP contribution in [0.2, 0.25) is 5.02 Å². The molecule has 0 radical (unpaired) electrons. The number of aryl methyl sites for hydroxylation is 1. The number of anilines is 1. The molecule has 4 atom stereocenters. The number of hydrogen-bond acceptors (Lipinski definition) is 2. The lowest BCUT2D eigenvalue weighted by Crippen LogP contribution is -2.32. The fourth-order valence-corrected chi connectivity index (χ4v) is 4.05. The Morgan fingerprint density at radius 1 is 1.10 bits per heavy atom. The lowest BCUT2D eigenvalue weighted by Gasteiger charge is -2.17. The molecule has 4 heteroatoms. The summed E-state index contributed by atoms with van der Waals surface area (Å²) in [5, 5.41) is 0.584. The summed E-state index contributed by atoms with van der Waals surface area (Å²) in [5.41, 5.74) is 1.54. The number of carbonyl (C=O) groups excluding carboxylic acids is 2. The summed E-state index contributed by atoms with van der Waals surface area (Å²) in [7, 11) is 0. The first kappa shape index (κ1) is 12.2. The van der Waals surface area contributed by atoms with E-state index in [2.05, 4.69) is 12.2 Å². The number of carbonyl (C=O) groups is 2. The predicted octanol–water partition coefficient (Wildman–Crippen LogP) is 2.96. The zero-order valence-corrected chi connectivity index (χ0v) is 11.8. The standard InChI is InChI=1S/C16H14ClNO2/c1-8-2-5-11(7-12(8)17)18-15(19)13-9-3-4-10(6-9)14(13)16(18)20/h2-5,7,9-10,13-14H,6H2,1H3/t9-,10-,13-,14+/m1/s1. The summed E-state index contributed by atoms with van der Waals surface area (Å²) >= 11 is 6.12. The molecule has 2 fully saturated rings. The molecule has 3 aliphatic rings. The van der Waals surface area contributed by atoms with Gasteiger partial charge in [-0.05, 0) is 42.9 Å². The van der Waals surface area contributed by atoms with Crippen LogP contribution in [-0.2, 0) is 9.59 Å². The molecule has 0 unspecified atom stereocenters. The first-order valence-corrected chi connectivity index (χ1v) is 7.28. The van der Waals surface area contributed by atoms with Crippen molar-refractivity contribution in [3.8, 4) is 0 Å². The SMILES string of the molecule is Cc1ccc(N2C(=O)[C@@H]3[C@H](C2=O)[C@@H]2C=C[C@@H]3C2)cc1Cl. The number of nitrogens with zero attached hydrogens (tertiary/aromatic N) is 1.